The molecule has 0 unspecified atom stereocenters. The van der Waals surface area contributed by atoms with Crippen molar-refractivity contribution in [1.82, 2.24) is 4.90 Å². The van der Waals surface area contributed by atoms with E-state index in [4.69, 9.17) is 4.74 Å². The number of anilines is 1. The molecule has 0 aromatic heterocycles. The van der Waals surface area contributed by atoms with Crippen LogP contribution in [0.25, 0.3) is 6.08 Å². The molecule has 0 saturated carbocycles. The summed E-state index contributed by atoms with van der Waals surface area (Å²) in [4.78, 5) is 28.8. The van der Waals surface area contributed by atoms with Gasteiger partial charge in [0.2, 0.25) is 0 Å². The summed E-state index contributed by atoms with van der Waals surface area (Å²) < 4.78 is 5.24. The van der Waals surface area contributed by atoms with Crippen LogP contribution < -0.4 is 10.1 Å². The summed E-state index contributed by atoms with van der Waals surface area (Å²) in [5.41, 5.74) is 2.18. The van der Waals surface area contributed by atoms with E-state index in [1.54, 1.807) is 13.2 Å². The summed E-state index contributed by atoms with van der Waals surface area (Å²) in [5.74, 6) is 0.579. The van der Waals surface area contributed by atoms with Crippen LogP contribution in [-0.4, -0.2) is 36.9 Å². The van der Waals surface area contributed by atoms with Crippen molar-refractivity contribution in [2.24, 2.45) is 0 Å². The maximum Gasteiger partial charge on any atom is 0.262 e. The van der Waals surface area contributed by atoms with Crippen LogP contribution in [0, 0.1) is 0 Å². The number of rotatable bonds is 7. The standard InChI is InChI=1S/C23H26N2O3S/c1-4-11-25(12-5-2)23(27)17-9-10-20-19(15-17)24-22(26)21(29-20)14-16-7-6-8-18(13-16)28-3/h6-10,13-15H,4-5,11-12H2,1-3H3,(H,24,26)/b21-14+. The number of hydrogen-bond donors (Lipinski definition) is 1. The number of hydrogen-bond acceptors (Lipinski definition) is 4. The number of benzene rings is 2. The fourth-order valence-electron chi connectivity index (χ4n) is 3.21. The average molecular weight is 411 g/mol. The molecule has 2 aromatic rings. The summed E-state index contributed by atoms with van der Waals surface area (Å²) in [5, 5.41) is 2.93. The van der Waals surface area contributed by atoms with Gasteiger partial charge in [0.15, 0.2) is 0 Å². The monoisotopic (exact) mass is 410 g/mol. The van der Waals surface area contributed by atoms with Crippen molar-refractivity contribution in [2.75, 3.05) is 25.5 Å². The maximum absolute atomic E-state index is 12.8. The highest BCUT2D eigenvalue weighted by atomic mass is 32.2. The van der Waals surface area contributed by atoms with Crippen LogP contribution in [0.15, 0.2) is 52.3 Å². The number of carbonyl (C=O) groups is 2. The highest BCUT2D eigenvalue weighted by Gasteiger charge is 2.23. The molecule has 5 nitrogen and oxygen atoms in total. The Hall–Kier alpha value is -2.73. The Bertz CT molecular complexity index is 933. The van der Waals surface area contributed by atoms with Crippen molar-refractivity contribution in [2.45, 2.75) is 31.6 Å². The largest absolute Gasteiger partial charge is 0.497 e. The minimum atomic E-state index is -0.172. The summed E-state index contributed by atoms with van der Waals surface area (Å²) in [7, 11) is 1.62. The van der Waals surface area contributed by atoms with Crippen LogP contribution in [-0.2, 0) is 4.79 Å². The van der Waals surface area contributed by atoms with Crippen LogP contribution in [0.1, 0.15) is 42.6 Å². The molecule has 0 spiro atoms. The van der Waals surface area contributed by atoms with Crippen LogP contribution in [0.3, 0.4) is 0 Å². The van der Waals surface area contributed by atoms with Gasteiger partial charge in [-0.1, -0.05) is 37.7 Å². The fraction of sp³-hybridized carbons (Fsp3) is 0.304. The molecule has 29 heavy (non-hydrogen) atoms. The van der Waals surface area contributed by atoms with E-state index in [1.165, 1.54) is 11.8 Å². The third kappa shape index (κ3) is 5.01. The van der Waals surface area contributed by atoms with Crippen molar-refractivity contribution in [3.8, 4) is 5.75 Å². The highest BCUT2D eigenvalue weighted by molar-refractivity contribution is 8.04. The van der Waals surface area contributed by atoms with Gasteiger partial charge in [0, 0.05) is 23.5 Å². The van der Waals surface area contributed by atoms with Gasteiger partial charge in [-0.25, -0.2) is 0 Å². The van der Waals surface area contributed by atoms with Gasteiger partial charge in [-0.15, -0.1) is 0 Å². The van der Waals surface area contributed by atoms with Gasteiger partial charge in [0.1, 0.15) is 5.75 Å². The summed E-state index contributed by atoms with van der Waals surface area (Å²) in [6.07, 6.45) is 3.68. The number of nitrogens with zero attached hydrogens (tertiary/aromatic N) is 1. The number of amides is 2. The van der Waals surface area contributed by atoms with E-state index in [2.05, 4.69) is 19.2 Å². The molecule has 1 heterocycles. The molecule has 0 aliphatic carbocycles. The molecule has 0 radical (unpaired) electrons. The van der Waals surface area contributed by atoms with E-state index in [0.29, 0.717) is 16.2 Å². The lowest BCUT2D eigenvalue weighted by molar-refractivity contribution is -0.112. The van der Waals surface area contributed by atoms with E-state index < -0.39 is 0 Å². The molecule has 152 valence electrons. The van der Waals surface area contributed by atoms with E-state index >= 15 is 0 Å². The van der Waals surface area contributed by atoms with Gasteiger partial charge < -0.3 is 15.0 Å². The number of nitrogens with one attached hydrogen (secondary N) is 1. The minimum Gasteiger partial charge on any atom is -0.497 e. The first-order valence-electron chi connectivity index (χ1n) is 9.84. The Morgan fingerprint density at radius 1 is 1.14 bits per heavy atom. The number of fused-ring (bicyclic) bond motifs is 1. The SMILES string of the molecule is CCCN(CCC)C(=O)c1ccc2c(c1)NC(=O)/C(=C\c1cccc(OC)c1)S2. The smallest absolute Gasteiger partial charge is 0.262 e. The molecule has 0 fully saturated rings. The van der Waals surface area contributed by atoms with E-state index in [1.807, 2.05) is 47.4 Å². The van der Waals surface area contributed by atoms with E-state index in [-0.39, 0.29) is 11.8 Å². The maximum atomic E-state index is 12.8. The van der Waals surface area contributed by atoms with E-state index in [0.717, 1.165) is 42.1 Å². The molecular weight excluding hydrogens is 384 g/mol. The van der Waals surface area contributed by atoms with Crippen LogP contribution >= 0.6 is 11.8 Å². The second kappa shape index (κ2) is 9.65. The highest BCUT2D eigenvalue weighted by Crippen LogP contribution is 2.39. The van der Waals surface area contributed by atoms with Gasteiger partial charge >= 0.3 is 0 Å². The molecule has 1 aliphatic rings. The van der Waals surface area contributed by atoms with Crippen molar-refractivity contribution in [3.63, 3.8) is 0 Å². The third-order valence-electron chi connectivity index (χ3n) is 4.58. The molecule has 2 amide bonds. The first-order chi connectivity index (χ1) is 14.0. The number of thioether (sulfide) groups is 1. The minimum absolute atomic E-state index is 0.00784. The van der Waals surface area contributed by atoms with E-state index in [9.17, 15) is 9.59 Å². The normalized spacial score (nSPS) is 14.3. The Morgan fingerprint density at radius 2 is 1.90 bits per heavy atom. The molecule has 2 aromatic carbocycles. The quantitative estimate of drug-likeness (QED) is 0.650. The molecule has 1 aliphatic heterocycles. The first kappa shape index (κ1) is 21.0. The van der Waals surface area contributed by atoms with Crippen LogP contribution in [0.4, 0.5) is 5.69 Å². The second-order valence-corrected chi connectivity index (χ2v) is 7.93. The zero-order chi connectivity index (χ0) is 20.8. The van der Waals surface area contributed by atoms with Crippen LogP contribution in [0.5, 0.6) is 5.75 Å². The summed E-state index contributed by atoms with van der Waals surface area (Å²) in [6.45, 7) is 5.60. The van der Waals surface area contributed by atoms with Crippen molar-refractivity contribution < 1.29 is 14.3 Å². The van der Waals surface area contributed by atoms with Crippen molar-refractivity contribution in [1.29, 1.82) is 0 Å². The predicted octanol–water partition coefficient (Wildman–Crippen LogP) is 5.04. The lowest BCUT2D eigenvalue weighted by Gasteiger charge is -2.23. The van der Waals surface area contributed by atoms with Gasteiger partial charge in [0.25, 0.3) is 11.8 Å². The second-order valence-electron chi connectivity index (χ2n) is 6.84. The number of ether oxygens (including phenoxy) is 1. The van der Waals surface area contributed by atoms with Gasteiger partial charge in [0.05, 0.1) is 17.7 Å². The Labute approximate surface area is 176 Å². The van der Waals surface area contributed by atoms with Gasteiger partial charge in [-0.3, -0.25) is 9.59 Å². The molecule has 0 atom stereocenters. The van der Waals surface area contributed by atoms with Gasteiger partial charge in [-0.05, 0) is 54.8 Å². The van der Waals surface area contributed by atoms with Crippen LogP contribution in [0.2, 0.25) is 0 Å². The average Bonchev–Trinajstić information content (AvgIpc) is 2.73. The molecule has 1 N–H and O–H groups in total. The zero-order valence-electron chi connectivity index (χ0n) is 17.0. The van der Waals surface area contributed by atoms with Crippen molar-refractivity contribution in [3.05, 3.63) is 58.5 Å². The topological polar surface area (TPSA) is 58.6 Å². The Kier molecular flexibility index (Phi) is 6.99. The molecule has 3 rings (SSSR count). The van der Waals surface area contributed by atoms with Gasteiger partial charge in [-0.2, -0.15) is 0 Å². The third-order valence-corrected chi connectivity index (χ3v) is 5.68. The summed E-state index contributed by atoms with van der Waals surface area (Å²) in [6, 6.07) is 13.1. The molecule has 0 bridgehead atoms. The predicted molar refractivity (Wildman–Crippen MR) is 118 cm³/mol. The summed E-state index contributed by atoms with van der Waals surface area (Å²) >= 11 is 1.41. The molecule has 0 saturated heterocycles. The Morgan fingerprint density at radius 3 is 2.59 bits per heavy atom. The zero-order valence-corrected chi connectivity index (χ0v) is 17.8. The molecule has 6 heteroatoms. The lowest BCUT2D eigenvalue weighted by atomic mass is 10.1. The Balaban J connectivity index is 1.83. The fourth-order valence-corrected chi connectivity index (χ4v) is 4.15. The molecular formula is C23H26N2O3S. The lowest BCUT2D eigenvalue weighted by Crippen LogP contribution is -2.32. The number of methoxy groups -OCH3 is 1. The van der Waals surface area contributed by atoms with Crippen molar-refractivity contribution >= 4 is 35.3 Å². The first-order valence-corrected chi connectivity index (χ1v) is 10.7. The number of carbonyl (C=O) groups excluding carboxylic acids is 2.